The molecule has 5 aromatic rings. The van der Waals surface area contributed by atoms with Crippen molar-refractivity contribution < 1.29 is 32.6 Å². The molecule has 3 N–H and O–H groups in total. The van der Waals surface area contributed by atoms with Gasteiger partial charge in [0.25, 0.3) is 0 Å². The van der Waals surface area contributed by atoms with E-state index in [4.69, 9.17) is 54.0 Å². The van der Waals surface area contributed by atoms with Crippen molar-refractivity contribution in [3.05, 3.63) is 132 Å². The minimum atomic E-state index is -1.73. The van der Waals surface area contributed by atoms with Crippen molar-refractivity contribution in [2.45, 2.75) is 83.8 Å². The van der Waals surface area contributed by atoms with Gasteiger partial charge in [-0.3, -0.25) is 19.1 Å². The molecule has 5 atom stereocenters. The van der Waals surface area contributed by atoms with E-state index in [1.54, 1.807) is 17.4 Å². The van der Waals surface area contributed by atoms with Crippen LogP contribution >= 0.6 is 46.1 Å². The zero-order valence-electron chi connectivity index (χ0n) is 39.2. The molecule has 0 bridgehead atoms. The first kappa shape index (κ1) is 52.0. The van der Waals surface area contributed by atoms with Gasteiger partial charge in [0.2, 0.25) is 11.8 Å². The zero-order valence-corrected chi connectivity index (χ0v) is 42.3. The summed E-state index contributed by atoms with van der Waals surface area (Å²) in [5.41, 5.74) is 1.68. The Morgan fingerprint density at radius 1 is 0.899 bits per heavy atom. The number of amides is 2. The van der Waals surface area contributed by atoms with Gasteiger partial charge in [-0.2, -0.15) is 5.26 Å². The molecule has 69 heavy (non-hydrogen) atoms. The molecule has 2 aliphatic rings. The summed E-state index contributed by atoms with van der Waals surface area (Å²) in [6, 6.07) is 15.8. The van der Waals surface area contributed by atoms with E-state index in [1.807, 2.05) is 56.5 Å². The highest BCUT2D eigenvalue weighted by molar-refractivity contribution is 7.15. The monoisotopic (exact) mass is 1020 g/mol. The lowest BCUT2D eigenvalue weighted by Crippen LogP contribution is -2.46. The third kappa shape index (κ3) is 11.5. The molecule has 0 aliphatic carbocycles. The molecular weight excluding hydrogens is 969 g/mol. The van der Waals surface area contributed by atoms with Crippen LogP contribution in [0.4, 0.5) is 8.78 Å². The van der Waals surface area contributed by atoms with Gasteiger partial charge in [-0.15, -0.1) is 21.5 Å². The van der Waals surface area contributed by atoms with Gasteiger partial charge in [-0.1, -0.05) is 85.9 Å². The first-order chi connectivity index (χ1) is 32.9. The average molecular weight is 1020 g/mol. The summed E-state index contributed by atoms with van der Waals surface area (Å²) in [6.07, 6.45) is 0.407. The quantitative estimate of drug-likeness (QED) is 0.0685. The van der Waals surface area contributed by atoms with Gasteiger partial charge in [0.05, 0.1) is 68.9 Å². The number of nitrogens with zero attached hydrogens (tertiary/aromatic N) is 5. The number of aryl methyl sites for hydroxylation is 2. The SMILES string of the molecule is Cc1sc2c(c1C)C(c1ccc(Cl)cc1)=N[C@@H](CC(=O)NCCOCCOCCOCCNC(=O)C1NC(CC(C)(C)C)C(C#N)(c3ccc(Cl)cc3F)C1c1cccc(Cl)c1F)c1nnc(C)n1-2. The maximum atomic E-state index is 15.9. The molecule has 0 spiro atoms. The molecular formula is C50H55Cl3F2N8O5S. The Morgan fingerprint density at radius 2 is 1.55 bits per heavy atom. The number of rotatable bonds is 19. The van der Waals surface area contributed by atoms with Crippen LogP contribution < -0.4 is 16.0 Å². The predicted octanol–water partition coefficient (Wildman–Crippen LogP) is 9.08. The van der Waals surface area contributed by atoms with Crippen molar-refractivity contribution in [1.29, 1.82) is 5.26 Å². The normalized spacial score (nSPS) is 19.9. The number of carbonyl (C=O) groups is 2. The number of nitrogens with one attached hydrogen (secondary N) is 3. The Bertz CT molecular complexity index is 2740. The summed E-state index contributed by atoms with van der Waals surface area (Å²) >= 11 is 20.3. The molecule has 2 aliphatic heterocycles. The lowest BCUT2D eigenvalue weighted by molar-refractivity contribution is -0.123. The molecule has 7 rings (SSSR count). The molecule has 0 radical (unpaired) electrons. The number of aromatic nitrogens is 3. The van der Waals surface area contributed by atoms with Gasteiger partial charge in [0.1, 0.15) is 33.9 Å². The maximum Gasteiger partial charge on any atom is 0.237 e. The second-order valence-electron chi connectivity index (χ2n) is 18.3. The molecule has 4 unspecified atom stereocenters. The Balaban J connectivity index is 0.857. The standard InChI is InChI=1S/C50H55Cl3F2N8O5S/c1-28-29(2)69-48-41(28)44(31-10-12-32(51)13-11-31)59-38(46-62-61-30(3)63(46)48)25-40(64)57-16-18-66-20-22-68-23-21-67-19-17-58-47(65)45-42(34-8-7-9-36(53)43(34)55)50(27-56,39(60-45)26-49(4,5)6)35-15-14-33(52)24-37(35)54/h7-15,24,38-39,42,45,60H,16-23,25-26H2,1-6H3,(H,57,64)(H,58,65)/t38-,39?,42?,45?,50?/m0/s1. The summed E-state index contributed by atoms with van der Waals surface area (Å²) in [5.74, 6) is -2.12. The number of nitriles is 1. The molecule has 1 saturated heterocycles. The third-order valence-corrected chi connectivity index (χ3v) is 14.3. The predicted molar refractivity (Wildman–Crippen MR) is 264 cm³/mol. The molecule has 0 saturated carbocycles. The topological polar surface area (TPSA) is 165 Å². The number of thiophene rings is 1. The maximum absolute atomic E-state index is 15.9. The number of hydrogen-bond acceptors (Lipinski definition) is 11. The summed E-state index contributed by atoms with van der Waals surface area (Å²) in [6.45, 7) is 13.8. The summed E-state index contributed by atoms with van der Waals surface area (Å²) in [5, 5.41) is 30.5. The fourth-order valence-electron chi connectivity index (χ4n) is 9.10. The van der Waals surface area contributed by atoms with Gasteiger partial charge in [0.15, 0.2) is 5.82 Å². The van der Waals surface area contributed by atoms with E-state index < -0.39 is 47.0 Å². The highest BCUT2D eigenvalue weighted by Gasteiger charge is 2.61. The van der Waals surface area contributed by atoms with E-state index in [0.717, 1.165) is 38.3 Å². The smallest absolute Gasteiger partial charge is 0.237 e. The van der Waals surface area contributed by atoms with Crippen molar-refractivity contribution >= 4 is 63.7 Å². The largest absolute Gasteiger partial charge is 0.377 e. The molecule has 366 valence electrons. The van der Waals surface area contributed by atoms with Gasteiger partial charge in [-0.05, 0) is 74.1 Å². The average Bonchev–Trinajstić information content (AvgIpc) is 3.90. The van der Waals surface area contributed by atoms with Gasteiger partial charge in [0, 0.05) is 56.7 Å². The van der Waals surface area contributed by atoms with Crippen molar-refractivity contribution in [2.24, 2.45) is 10.4 Å². The third-order valence-electron chi connectivity index (χ3n) is 12.3. The van der Waals surface area contributed by atoms with Crippen LogP contribution in [0.1, 0.15) is 89.9 Å². The number of benzene rings is 3. The molecule has 4 heterocycles. The number of hydrogen-bond donors (Lipinski definition) is 3. The molecule has 2 amide bonds. The lowest BCUT2D eigenvalue weighted by Gasteiger charge is -2.37. The van der Waals surface area contributed by atoms with E-state index in [0.29, 0.717) is 23.1 Å². The van der Waals surface area contributed by atoms with Crippen molar-refractivity contribution in [1.82, 2.24) is 30.7 Å². The number of ether oxygens (including phenoxy) is 3. The number of fused-ring (bicyclic) bond motifs is 3. The Morgan fingerprint density at radius 3 is 2.20 bits per heavy atom. The van der Waals surface area contributed by atoms with Gasteiger partial charge >= 0.3 is 0 Å². The minimum absolute atomic E-state index is 0.00287. The first-order valence-corrected chi connectivity index (χ1v) is 24.6. The second-order valence-corrected chi connectivity index (χ2v) is 20.8. The van der Waals surface area contributed by atoms with Crippen LogP contribution in [0.5, 0.6) is 0 Å². The van der Waals surface area contributed by atoms with Crippen molar-refractivity contribution in [2.75, 3.05) is 52.7 Å². The number of aliphatic imine (C=N–C) groups is 1. The van der Waals surface area contributed by atoms with Crippen molar-refractivity contribution in [3.8, 4) is 11.1 Å². The van der Waals surface area contributed by atoms with E-state index >= 15 is 8.78 Å². The van der Waals surface area contributed by atoms with Crippen LogP contribution in [0.25, 0.3) is 5.00 Å². The van der Waals surface area contributed by atoms with Crippen LogP contribution in [0, 0.1) is 49.2 Å². The molecule has 2 aromatic heterocycles. The lowest BCUT2D eigenvalue weighted by atomic mass is 9.62. The molecule has 1 fully saturated rings. The second kappa shape index (κ2) is 22.5. The van der Waals surface area contributed by atoms with Crippen LogP contribution in [0.3, 0.4) is 0 Å². The van der Waals surface area contributed by atoms with E-state index in [1.165, 1.54) is 24.3 Å². The Labute approximate surface area is 419 Å². The highest BCUT2D eigenvalue weighted by Crippen LogP contribution is 2.53. The van der Waals surface area contributed by atoms with Gasteiger partial charge in [-0.25, -0.2) is 8.78 Å². The van der Waals surface area contributed by atoms with E-state index in [2.05, 4.69) is 46.1 Å². The number of carbonyl (C=O) groups excluding carboxylic acids is 2. The molecule has 13 nitrogen and oxygen atoms in total. The Kier molecular flexibility index (Phi) is 17.0. The molecule has 3 aromatic carbocycles. The first-order valence-electron chi connectivity index (χ1n) is 22.7. The van der Waals surface area contributed by atoms with E-state index in [9.17, 15) is 14.9 Å². The summed E-state index contributed by atoms with van der Waals surface area (Å²) in [7, 11) is 0. The fourth-order valence-corrected chi connectivity index (χ4v) is 10.8. The Hall–Kier alpha value is -4.83. The zero-order chi connectivity index (χ0) is 49.6. The van der Waals surface area contributed by atoms with Gasteiger partial charge < -0.3 is 30.2 Å². The van der Waals surface area contributed by atoms with Crippen LogP contribution in [0.2, 0.25) is 15.1 Å². The van der Waals surface area contributed by atoms with Crippen LogP contribution in [-0.4, -0.2) is 97.1 Å². The fraction of sp³-hybridized carbons (Fsp3) is 0.440. The van der Waals surface area contributed by atoms with Crippen LogP contribution in [0.15, 0.2) is 65.7 Å². The highest BCUT2D eigenvalue weighted by atomic mass is 35.5. The molecule has 19 heteroatoms. The van der Waals surface area contributed by atoms with Crippen molar-refractivity contribution in [3.63, 3.8) is 0 Å². The van der Waals surface area contributed by atoms with E-state index in [-0.39, 0.29) is 91.6 Å². The minimum Gasteiger partial charge on any atom is -0.377 e. The van der Waals surface area contributed by atoms with Crippen LogP contribution in [-0.2, 0) is 29.2 Å². The number of halogens is 5. The summed E-state index contributed by atoms with van der Waals surface area (Å²) in [4.78, 5) is 33.6. The summed E-state index contributed by atoms with van der Waals surface area (Å²) < 4.78 is 50.9.